The zero-order chi connectivity index (χ0) is 21.3. The molecule has 0 saturated carbocycles. The third-order valence-corrected chi connectivity index (χ3v) is 6.14. The van der Waals surface area contributed by atoms with Gasteiger partial charge < -0.3 is 9.47 Å². The second kappa shape index (κ2) is 8.29. The molecule has 30 heavy (non-hydrogen) atoms. The van der Waals surface area contributed by atoms with Crippen LogP contribution in [0, 0.1) is 11.3 Å². The minimum absolute atomic E-state index is 0.0598. The molecular formula is C24H27N5O. The standard InChI is InChI=1S/C24H27N5O/c1-17-16-29(18(2)15-28(17)12-11-19-7-5-4-6-8-19)22-13-23(30)27(3)21-10-9-20(14-25)26-24(21)22/h4-10,13,17-18H,11-12,15-16H2,1-3H3/t17?,18-/m0/s1. The Morgan fingerprint density at radius 3 is 2.60 bits per heavy atom. The number of hydrogen-bond donors (Lipinski definition) is 0. The van der Waals surface area contributed by atoms with E-state index in [2.05, 4.69) is 59.0 Å². The molecular weight excluding hydrogens is 374 g/mol. The number of nitriles is 1. The molecule has 0 amide bonds. The Kier molecular flexibility index (Phi) is 5.56. The van der Waals surface area contributed by atoms with Crippen LogP contribution in [-0.2, 0) is 13.5 Å². The fourth-order valence-electron chi connectivity index (χ4n) is 4.36. The Labute approximate surface area is 177 Å². The SMILES string of the molecule is CC1CN(c2cc(=O)n(C)c3ccc(C#N)nc23)[C@@H](C)CN1CCc1ccccc1. The highest BCUT2D eigenvalue weighted by molar-refractivity contribution is 5.89. The van der Waals surface area contributed by atoms with Crippen LogP contribution < -0.4 is 10.5 Å². The lowest BCUT2D eigenvalue weighted by Crippen LogP contribution is -2.57. The van der Waals surface area contributed by atoms with Crippen molar-refractivity contribution in [3.05, 3.63) is 70.1 Å². The molecule has 1 fully saturated rings. The summed E-state index contributed by atoms with van der Waals surface area (Å²) in [4.78, 5) is 21.9. The fraction of sp³-hybridized carbons (Fsp3) is 0.375. The molecule has 6 nitrogen and oxygen atoms in total. The van der Waals surface area contributed by atoms with E-state index in [4.69, 9.17) is 0 Å². The van der Waals surface area contributed by atoms with E-state index in [1.165, 1.54) is 5.56 Å². The molecule has 0 aliphatic carbocycles. The Morgan fingerprint density at radius 2 is 1.87 bits per heavy atom. The van der Waals surface area contributed by atoms with Crippen molar-refractivity contribution in [1.82, 2.24) is 14.5 Å². The number of rotatable bonds is 4. The first kappa shape index (κ1) is 20.1. The van der Waals surface area contributed by atoms with Gasteiger partial charge in [0.25, 0.3) is 5.56 Å². The molecule has 3 heterocycles. The largest absolute Gasteiger partial charge is 0.364 e. The van der Waals surface area contributed by atoms with E-state index in [-0.39, 0.29) is 11.6 Å². The summed E-state index contributed by atoms with van der Waals surface area (Å²) >= 11 is 0. The quantitative estimate of drug-likeness (QED) is 0.673. The van der Waals surface area contributed by atoms with Gasteiger partial charge in [-0.2, -0.15) is 5.26 Å². The Hall–Kier alpha value is -3.17. The number of aryl methyl sites for hydroxylation is 1. The van der Waals surface area contributed by atoms with Crippen molar-refractivity contribution < 1.29 is 0 Å². The lowest BCUT2D eigenvalue weighted by atomic mass is 10.0. The third-order valence-electron chi connectivity index (χ3n) is 6.14. The van der Waals surface area contributed by atoms with Gasteiger partial charge in [0.1, 0.15) is 17.3 Å². The average Bonchev–Trinajstić information content (AvgIpc) is 2.77. The number of fused-ring (bicyclic) bond motifs is 1. The average molecular weight is 402 g/mol. The zero-order valence-electron chi connectivity index (χ0n) is 17.7. The maximum Gasteiger partial charge on any atom is 0.252 e. The number of pyridine rings is 2. The molecule has 2 aromatic heterocycles. The van der Waals surface area contributed by atoms with E-state index in [0.717, 1.165) is 37.3 Å². The second-order valence-electron chi connectivity index (χ2n) is 8.18. The first-order valence-corrected chi connectivity index (χ1v) is 10.4. The van der Waals surface area contributed by atoms with Crippen molar-refractivity contribution in [2.45, 2.75) is 32.4 Å². The minimum atomic E-state index is -0.0598. The van der Waals surface area contributed by atoms with Gasteiger partial charge >= 0.3 is 0 Å². The van der Waals surface area contributed by atoms with Gasteiger partial charge in [-0.1, -0.05) is 30.3 Å². The minimum Gasteiger partial charge on any atom is -0.364 e. The van der Waals surface area contributed by atoms with Crippen LogP contribution in [0.25, 0.3) is 11.0 Å². The van der Waals surface area contributed by atoms with Gasteiger partial charge in [0.15, 0.2) is 0 Å². The molecule has 0 N–H and O–H groups in total. The molecule has 2 atom stereocenters. The topological polar surface area (TPSA) is 65.2 Å². The van der Waals surface area contributed by atoms with Crippen LogP contribution in [0.4, 0.5) is 5.69 Å². The summed E-state index contributed by atoms with van der Waals surface area (Å²) < 4.78 is 1.59. The summed E-state index contributed by atoms with van der Waals surface area (Å²) in [6.45, 7) is 7.18. The Morgan fingerprint density at radius 1 is 1.10 bits per heavy atom. The molecule has 1 aliphatic heterocycles. The van der Waals surface area contributed by atoms with Crippen molar-refractivity contribution in [2.24, 2.45) is 7.05 Å². The highest BCUT2D eigenvalue weighted by Gasteiger charge is 2.30. The van der Waals surface area contributed by atoms with E-state index in [1.54, 1.807) is 23.7 Å². The summed E-state index contributed by atoms with van der Waals surface area (Å²) in [6.07, 6.45) is 1.03. The summed E-state index contributed by atoms with van der Waals surface area (Å²) in [5, 5.41) is 9.30. The van der Waals surface area contributed by atoms with Gasteiger partial charge in [0.2, 0.25) is 0 Å². The van der Waals surface area contributed by atoms with Gasteiger partial charge in [-0.25, -0.2) is 4.98 Å². The van der Waals surface area contributed by atoms with E-state index in [0.29, 0.717) is 17.3 Å². The van der Waals surface area contributed by atoms with Crippen LogP contribution in [0.3, 0.4) is 0 Å². The molecule has 1 aliphatic rings. The molecule has 1 unspecified atom stereocenters. The number of nitrogens with zero attached hydrogens (tertiary/aromatic N) is 5. The van der Waals surface area contributed by atoms with Gasteiger partial charge in [-0.3, -0.25) is 9.69 Å². The van der Waals surface area contributed by atoms with Crippen LogP contribution in [0.15, 0.2) is 53.3 Å². The van der Waals surface area contributed by atoms with Crippen molar-refractivity contribution in [1.29, 1.82) is 5.26 Å². The van der Waals surface area contributed by atoms with Crippen LogP contribution >= 0.6 is 0 Å². The van der Waals surface area contributed by atoms with Gasteiger partial charge in [0.05, 0.1) is 11.2 Å². The smallest absolute Gasteiger partial charge is 0.252 e. The molecule has 0 bridgehead atoms. The molecule has 0 spiro atoms. The van der Waals surface area contributed by atoms with E-state index < -0.39 is 0 Å². The molecule has 3 aromatic rings. The van der Waals surface area contributed by atoms with Crippen LogP contribution in [0.5, 0.6) is 0 Å². The summed E-state index contributed by atoms with van der Waals surface area (Å²) in [7, 11) is 1.75. The molecule has 1 saturated heterocycles. The normalized spacial score (nSPS) is 19.7. The lowest BCUT2D eigenvalue weighted by Gasteiger charge is -2.45. The molecule has 154 valence electrons. The van der Waals surface area contributed by atoms with Crippen molar-refractivity contribution in [2.75, 3.05) is 24.5 Å². The summed E-state index contributed by atoms with van der Waals surface area (Å²) in [5.74, 6) is 0. The van der Waals surface area contributed by atoms with Crippen molar-refractivity contribution >= 4 is 16.7 Å². The van der Waals surface area contributed by atoms with Crippen molar-refractivity contribution in [3.63, 3.8) is 0 Å². The molecule has 6 heteroatoms. The maximum atomic E-state index is 12.6. The molecule has 4 rings (SSSR count). The number of hydrogen-bond acceptors (Lipinski definition) is 5. The van der Waals surface area contributed by atoms with Gasteiger partial charge in [-0.05, 0) is 38.0 Å². The predicted molar refractivity (Wildman–Crippen MR) is 120 cm³/mol. The van der Waals surface area contributed by atoms with Gasteiger partial charge in [-0.15, -0.1) is 0 Å². The third kappa shape index (κ3) is 3.81. The van der Waals surface area contributed by atoms with Crippen molar-refractivity contribution in [3.8, 4) is 6.07 Å². The number of piperazine rings is 1. The van der Waals surface area contributed by atoms with Crippen LogP contribution in [-0.4, -0.2) is 46.2 Å². The van der Waals surface area contributed by atoms with Crippen LogP contribution in [0.2, 0.25) is 0 Å². The highest BCUT2D eigenvalue weighted by atomic mass is 16.1. The van der Waals surface area contributed by atoms with E-state index in [1.807, 2.05) is 12.1 Å². The lowest BCUT2D eigenvalue weighted by molar-refractivity contribution is 0.168. The first-order valence-electron chi connectivity index (χ1n) is 10.4. The zero-order valence-corrected chi connectivity index (χ0v) is 17.7. The fourth-order valence-corrected chi connectivity index (χ4v) is 4.36. The molecule has 1 aromatic carbocycles. The monoisotopic (exact) mass is 401 g/mol. The number of aromatic nitrogens is 2. The summed E-state index contributed by atoms with van der Waals surface area (Å²) in [5.41, 5.74) is 3.95. The highest BCUT2D eigenvalue weighted by Crippen LogP contribution is 2.28. The van der Waals surface area contributed by atoms with E-state index >= 15 is 0 Å². The first-order chi connectivity index (χ1) is 14.5. The Bertz CT molecular complexity index is 1150. The predicted octanol–water partition coefficient (Wildman–Crippen LogP) is 2.95. The summed E-state index contributed by atoms with van der Waals surface area (Å²) in [6, 6.07) is 18.4. The number of benzene rings is 1. The maximum absolute atomic E-state index is 12.6. The van der Waals surface area contributed by atoms with Gasteiger partial charge in [0, 0.05) is 44.8 Å². The Balaban J connectivity index is 1.61. The molecule has 0 radical (unpaired) electrons. The second-order valence-corrected chi connectivity index (χ2v) is 8.18. The van der Waals surface area contributed by atoms with Crippen LogP contribution in [0.1, 0.15) is 25.1 Å². The number of anilines is 1. The van der Waals surface area contributed by atoms with E-state index in [9.17, 15) is 10.1 Å².